The van der Waals surface area contributed by atoms with Crippen molar-refractivity contribution >= 4 is 23.6 Å². The second kappa shape index (κ2) is 5.67. The van der Waals surface area contributed by atoms with Crippen LogP contribution in [0.15, 0.2) is 18.2 Å². The third-order valence-corrected chi connectivity index (χ3v) is 3.31. The van der Waals surface area contributed by atoms with Crippen molar-refractivity contribution in [3.63, 3.8) is 0 Å². The van der Waals surface area contributed by atoms with E-state index in [9.17, 15) is 9.59 Å². The SMILES string of the molecule is CC(=O)c1ccc(N2CCCCC2)c(NC=O)c1. The highest BCUT2D eigenvalue weighted by Gasteiger charge is 2.15. The van der Waals surface area contributed by atoms with E-state index in [2.05, 4.69) is 10.2 Å². The number of benzene rings is 1. The monoisotopic (exact) mass is 246 g/mol. The van der Waals surface area contributed by atoms with Crippen molar-refractivity contribution in [2.45, 2.75) is 26.2 Å². The number of carbonyl (C=O) groups is 2. The fraction of sp³-hybridized carbons (Fsp3) is 0.429. The van der Waals surface area contributed by atoms with Crippen LogP contribution in [0.5, 0.6) is 0 Å². The molecule has 0 unspecified atom stereocenters. The summed E-state index contributed by atoms with van der Waals surface area (Å²) in [5.41, 5.74) is 2.35. The zero-order chi connectivity index (χ0) is 13.0. The average molecular weight is 246 g/mol. The fourth-order valence-corrected chi connectivity index (χ4v) is 2.34. The first kappa shape index (κ1) is 12.6. The summed E-state index contributed by atoms with van der Waals surface area (Å²) in [5.74, 6) is 0.00847. The fourth-order valence-electron chi connectivity index (χ4n) is 2.34. The van der Waals surface area contributed by atoms with Crippen LogP contribution < -0.4 is 10.2 Å². The first-order valence-corrected chi connectivity index (χ1v) is 6.32. The van der Waals surface area contributed by atoms with Gasteiger partial charge < -0.3 is 10.2 Å². The Labute approximate surface area is 107 Å². The maximum atomic E-state index is 11.4. The van der Waals surface area contributed by atoms with Crippen LogP contribution in [0, 0.1) is 0 Å². The maximum Gasteiger partial charge on any atom is 0.211 e. The molecule has 0 radical (unpaired) electrons. The van der Waals surface area contributed by atoms with Gasteiger partial charge in [-0.15, -0.1) is 0 Å². The number of anilines is 2. The number of Topliss-reactive ketones (excluding diaryl/α,β-unsaturated/α-hetero) is 1. The molecule has 0 bridgehead atoms. The average Bonchev–Trinajstić information content (AvgIpc) is 2.40. The van der Waals surface area contributed by atoms with Crippen LogP contribution in [0.4, 0.5) is 11.4 Å². The topological polar surface area (TPSA) is 49.4 Å². The Morgan fingerprint density at radius 1 is 1.28 bits per heavy atom. The number of piperidine rings is 1. The molecule has 1 aromatic carbocycles. The number of amides is 1. The van der Waals surface area contributed by atoms with Gasteiger partial charge in [0.15, 0.2) is 5.78 Å². The van der Waals surface area contributed by atoms with E-state index in [4.69, 9.17) is 0 Å². The molecule has 18 heavy (non-hydrogen) atoms. The molecule has 1 fully saturated rings. The van der Waals surface area contributed by atoms with Crippen molar-refractivity contribution in [3.05, 3.63) is 23.8 Å². The van der Waals surface area contributed by atoms with Gasteiger partial charge in [0.25, 0.3) is 0 Å². The lowest BCUT2D eigenvalue weighted by molar-refractivity contribution is -0.105. The minimum Gasteiger partial charge on any atom is -0.370 e. The third kappa shape index (κ3) is 2.70. The molecule has 0 atom stereocenters. The summed E-state index contributed by atoms with van der Waals surface area (Å²) in [7, 11) is 0. The third-order valence-electron chi connectivity index (χ3n) is 3.31. The molecule has 0 saturated carbocycles. The van der Waals surface area contributed by atoms with Crippen LogP contribution in [0.25, 0.3) is 0 Å². The lowest BCUT2D eigenvalue weighted by Gasteiger charge is -2.30. The molecule has 1 aromatic rings. The summed E-state index contributed by atoms with van der Waals surface area (Å²) in [6, 6.07) is 5.50. The van der Waals surface area contributed by atoms with E-state index in [1.165, 1.54) is 26.2 Å². The zero-order valence-electron chi connectivity index (χ0n) is 10.6. The molecule has 1 amide bonds. The van der Waals surface area contributed by atoms with Crippen molar-refractivity contribution < 1.29 is 9.59 Å². The molecule has 1 aliphatic rings. The molecule has 4 nitrogen and oxygen atoms in total. The molecule has 0 aliphatic carbocycles. The van der Waals surface area contributed by atoms with E-state index >= 15 is 0 Å². The number of hydrogen-bond donors (Lipinski definition) is 1. The lowest BCUT2D eigenvalue weighted by Crippen LogP contribution is -2.30. The molecule has 0 aromatic heterocycles. The molecular formula is C14H18N2O2. The van der Waals surface area contributed by atoms with Crippen LogP contribution in [0.2, 0.25) is 0 Å². The van der Waals surface area contributed by atoms with E-state index in [0.29, 0.717) is 12.0 Å². The van der Waals surface area contributed by atoms with Crippen molar-refractivity contribution in [3.8, 4) is 0 Å². The normalized spacial score (nSPS) is 15.3. The summed E-state index contributed by atoms with van der Waals surface area (Å²) < 4.78 is 0. The van der Waals surface area contributed by atoms with Crippen molar-refractivity contribution in [1.82, 2.24) is 0 Å². The van der Waals surface area contributed by atoms with Gasteiger partial charge in [-0.1, -0.05) is 0 Å². The zero-order valence-corrected chi connectivity index (χ0v) is 10.6. The van der Waals surface area contributed by atoms with Gasteiger partial charge in [0.05, 0.1) is 11.4 Å². The van der Waals surface area contributed by atoms with Crippen LogP contribution in [0.1, 0.15) is 36.5 Å². The van der Waals surface area contributed by atoms with Gasteiger partial charge in [-0.2, -0.15) is 0 Å². The Kier molecular flexibility index (Phi) is 3.97. The van der Waals surface area contributed by atoms with Gasteiger partial charge in [-0.05, 0) is 44.4 Å². The van der Waals surface area contributed by atoms with Gasteiger partial charge in [-0.25, -0.2) is 0 Å². The van der Waals surface area contributed by atoms with E-state index in [0.717, 1.165) is 24.5 Å². The summed E-state index contributed by atoms with van der Waals surface area (Å²) in [4.78, 5) is 24.3. The van der Waals surface area contributed by atoms with Gasteiger partial charge >= 0.3 is 0 Å². The van der Waals surface area contributed by atoms with Crippen molar-refractivity contribution in [2.24, 2.45) is 0 Å². The summed E-state index contributed by atoms with van der Waals surface area (Å²) >= 11 is 0. The second-order valence-electron chi connectivity index (χ2n) is 4.60. The molecule has 0 spiro atoms. The van der Waals surface area contributed by atoms with Gasteiger partial charge in [0.1, 0.15) is 0 Å². The number of rotatable bonds is 4. The number of nitrogens with one attached hydrogen (secondary N) is 1. The van der Waals surface area contributed by atoms with E-state index in [1.807, 2.05) is 12.1 Å². The number of ketones is 1. The minimum atomic E-state index is 0.00847. The second-order valence-corrected chi connectivity index (χ2v) is 4.60. The quantitative estimate of drug-likeness (QED) is 0.655. The maximum absolute atomic E-state index is 11.4. The highest BCUT2D eigenvalue weighted by Crippen LogP contribution is 2.29. The molecule has 4 heteroatoms. The standard InChI is InChI=1S/C14H18N2O2/c1-11(18)12-5-6-14(13(9-12)15-10-17)16-7-3-2-4-8-16/h5-6,9-10H,2-4,7-8H2,1H3,(H,15,17). The summed E-state index contributed by atoms with van der Waals surface area (Å²) in [5, 5.41) is 2.69. The van der Waals surface area contributed by atoms with Crippen LogP contribution >= 0.6 is 0 Å². The lowest BCUT2D eigenvalue weighted by atomic mass is 10.1. The summed E-state index contributed by atoms with van der Waals surface area (Å²) in [6.07, 6.45) is 4.27. The first-order chi connectivity index (χ1) is 8.72. The minimum absolute atomic E-state index is 0.00847. The predicted molar refractivity (Wildman–Crippen MR) is 72.2 cm³/mol. The van der Waals surface area contributed by atoms with E-state index < -0.39 is 0 Å². The Bertz CT molecular complexity index is 451. The summed E-state index contributed by atoms with van der Waals surface area (Å²) in [6.45, 7) is 3.54. The Hall–Kier alpha value is -1.84. The molecule has 1 heterocycles. The predicted octanol–water partition coefficient (Wildman–Crippen LogP) is 2.45. The van der Waals surface area contributed by atoms with Crippen LogP contribution in [-0.2, 0) is 4.79 Å². The number of hydrogen-bond acceptors (Lipinski definition) is 3. The Morgan fingerprint density at radius 2 is 2.00 bits per heavy atom. The van der Waals surface area contributed by atoms with Crippen molar-refractivity contribution in [2.75, 3.05) is 23.3 Å². The highest BCUT2D eigenvalue weighted by molar-refractivity contribution is 5.97. The van der Waals surface area contributed by atoms with Crippen molar-refractivity contribution in [1.29, 1.82) is 0 Å². The van der Waals surface area contributed by atoms with E-state index in [-0.39, 0.29) is 5.78 Å². The van der Waals surface area contributed by atoms with Gasteiger partial charge in [0, 0.05) is 18.7 Å². The first-order valence-electron chi connectivity index (χ1n) is 6.32. The Balaban J connectivity index is 2.32. The van der Waals surface area contributed by atoms with Gasteiger partial charge in [0.2, 0.25) is 6.41 Å². The molecular weight excluding hydrogens is 228 g/mol. The molecule has 2 rings (SSSR count). The molecule has 1 N–H and O–H groups in total. The highest BCUT2D eigenvalue weighted by atomic mass is 16.1. The van der Waals surface area contributed by atoms with Crippen LogP contribution in [0.3, 0.4) is 0 Å². The molecule has 1 saturated heterocycles. The molecule has 96 valence electrons. The smallest absolute Gasteiger partial charge is 0.211 e. The largest absolute Gasteiger partial charge is 0.370 e. The Morgan fingerprint density at radius 3 is 2.61 bits per heavy atom. The van der Waals surface area contributed by atoms with Gasteiger partial charge in [-0.3, -0.25) is 9.59 Å². The van der Waals surface area contributed by atoms with Crippen LogP contribution in [-0.4, -0.2) is 25.3 Å². The number of carbonyl (C=O) groups excluding carboxylic acids is 2. The number of nitrogens with zero attached hydrogens (tertiary/aromatic N) is 1. The molecule has 1 aliphatic heterocycles. The van der Waals surface area contributed by atoms with E-state index in [1.54, 1.807) is 6.07 Å².